The quantitative estimate of drug-likeness (QED) is 0.896. The van der Waals surface area contributed by atoms with Crippen LogP contribution in [0.4, 0.5) is 0 Å². The van der Waals surface area contributed by atoms with E-state index in [0.717, 1.165) is 18.7 Å². The summed E-state index contributed by atoms with van der Waals surface area (Å²) < 4.78 is 2.06. The molecule has 112 valence electrons. The monoisotopic (exact) mass is 277 g/mol. The summed E-state index contributed by atoms with van der Waals surface area (Å²) in [6.45, 7) is 2.36. The van der Waals surface area contributed by atoms with Crippen molar-refractivity contribution in [3.8, 4) is 0 Å². The smallest absolute Gasteiger partial charge is 0.108 e. The molecule has 1 N–H and O–H groups in total. The van der Waals surface area contributed by atoms with Crippen molar-refractivity contribution in [3.63, 3.8) is 0 Å². The number of aliphatic hydroxyl groups excluding tert-OH is 1. The van der Waals surface area contributed by atoms with E-state index >= 15 is 0 Å². The van der Waals surface area contributed by atoms with Crippen molar-refractivity contribution in [1.29, 1.82) is 0 Å². The minimum absolute atomic E-state index is 0.0711. The molecule has 4 heteroatoms. The van der Waals surface area contributed by atoms with E-state index < -0.39 is 0 Å². The molecule has 1 saturated carbocycles. The van der Waals surface area contributed by atoms with Gasteiger partial charge in [0.2, 0.25) is 0 Å². The molecule has 0 aromatic carbocycles. The van der Waals surface area contributed by atoms with Gasteiger partial charge >= 0.3 is 0 Å². The number of aliphatic hydroxyl groups is 1. The summed E-state index contributed by atoms with van der Waals surface area (Å²) in [5.74, 6) is 1.08. The van der Waals surface area contributed by atoms with E-state index in [9.17, 15) is 5.11 Å². The minimum Gasteiger partial charge on any atom is -0.391 e. The normalized spacial score (nSPS) is 24.3. The lowest BCUT2D eigenvalue weighted by atomic mass is 9.85. The third-order valence-corrected chi connectivity index (χ3v) is 5.39. The van der Waals surface area contributed by atoms with Crippen LogP contribution in [-0.4, -0.2) is 44.3 Å². The van der Waals surface area contributed by atoms with Gasteiger partial charge in [-0.15, -0.1) is 0 Å². The fourth-order valence-electron chi connectivity index (χ4n) is 4.18. The number of imidazole rings is 1. The van der Waals surface area contributed by atoms with Gasteiger partial charge in [-0.2, -0.15) is 0 Å². The molecule has 0 spiro atoms. The Hall–Kier alpha value is -0.870. The van der Waals surface area contributed by atoms with Crippen LogP contribution in [0.1, 0.15) is 50.8 Å². The number of hydrogen-bond donors (Lipinski definition) is 1. The lowest BCUT2D eigenvalue weighted by Crippen LogP contribution is -2.54. The topological polar surface area (TPSA) is 41.3 Å². The average molecular weight is 277 g/mol. The fraction of sp³-hybridized carbons (Fsp3) is 0.812. The van der Waals surface area contributed by atoms with Crippen molar-refractivity contribution in [2.45, 2.75) is 63.0 Å². The first-order chi connectivity index (χ1) is 9.72. The van der Waals surface area contributed by atoms with Crippen LogP contribution in [0, 0.1) is 0 Å². The maximum atomic E-state index is 10.9. The Morgan fingerprint density at radius 2 is 1.95 bits per heavy atom. The van der Waals surface area contributed by atoms with Crippen LogP contribution < -0.4 is 0 Å². The highest BCUT2D eigenvalue weighted by atomic mass is 16.3. The van der Waals surface area contributed by atoms with Gasteiger partial charge in [0.05, 0.1) is 6.10 Å². The van der Waals surface area contributed by atoms with E-state index in [4.69, 9.17) is 0 Å². The summed E-state index contributed by atoms with van der Waals surface area (Å²) in [6.07, 6.45) is 12.8. The summed E-state index contributed by atoms with van der Waals surface area (Å²) in [4.78, 5) is 6.96. The molecule has 0 amide bonds. The molecular weight excluding hydrogens is 250 g/mol. The molecule has 1 aromatic heterocycles. The van der Waals surface area contributed by atoms with Gasteiger partial charge in [0.25, 0.3) is 0 Å². The summed E-state index contributed by atoms with van der Waals surface area (Å²) in [6, 6.07) is 0. The number of aromatic nitrogens is 2. The van der Waals surface area contributed by atoms with E-state index in [2.05, 4.69) is 14.5 Å². The lowest BCUT2D eigenvalue weighted by Gasteiger charge is -2.42. The maximum Gasteiger partial charge on any atom is 0.108 e. The molecule has 2 fully saturated rings. The number of hydrogen-bond acceptors (Lipinski definition) is 3. The van der Waals surface area contributed by atoms with Crippen LogP contribution in [0.3, 0.4) is 0 Å². The van der Waals surface area contributed by atoms with E-state index in [0.29, 0.717) is 0 Å². The predicted octanol–water partition coefficient (Wildman–Crippen LogP) is 2.12. The Bertz CT molecular complexity index is 431. The molecule has 1 atom stereocenters. The SMILES string of the molecule is Cn1ccnc1CCC(O)C1(N2CCCC2)CCCC1. The second-order valence-corrected chi connectivity index (χ2v) is 6.51. The number of aryl methyl sites for hydroxylation is 2. The highest BCUT2D eigenvalue weighted by molar-refractivity contribution is 5.03. The molecule has 4 nitrogen and oxygen atoms in total. The molecule has 20 heavy (non-hydrogen) atoms. The first-order valence-corrected chi connectivity index (χ1v) is 8.12. The van der Waals surface area contributed by atoms with Crippen molar-refractivity contribution in [2.24, 2.45) is 7.05 Å². The summed E-state index contributed by atoms with van der Waals surface area (Å²) in [5.41, 5.74) is 0.0711. The number of likely N-dealkylation sites (tertiary alicyclic amines) is 1. The van der Waals surface area contributed by atoms with Gasteiger partial charge in [-0.25, -0.2) is 4.98 Å². The van der Waals surface area contributed by atoms with Crippen LogP contribution in [0.15, 0.2) is 12.4 Å². The predicted molar refractivity (Wildman–Crippen MR) is 79.5 cm³/mol. The molecule has 1 aliphatic carbocycles. The Morgan fingerprint density at radius 1 is 1.25 bits per heavy atom. The van der Waals surface area contributed by atoms with Crippen LogP contribution in [-0.2, 0) is 13.5 Å². The third kappa shape index (κ3) is 2.51. The highest BCUT2D eigenvalue weighted by Crippen LogP contribution is 2.41. The highest BCUT2D eigenvalue weighted by Gasteiger charge is 2.45. The molecule has 1 aliphatic heterocycles. The van der Waals surface area contributed by atoms with Gasteiger partial charge in [-0.3, -0.25) is 4.90 Å². The molecule has 1 aromatic rings. The molecule has 0 bridgehead atoms. The van der Waals surface area contributed by atoms with Crippen LogP contribution in [0.2, 0.25) is 0 Å². The van der Waals surface area contributed by atoms with E-state index in [1.165, 1.54) is 51.6 Å². The van der Waals surface area contributed by atoms with Gasteiger partial charge in [-0.1, -0.05) is 12.8 Å². The maximum absolute atomic E-state index is 10.9. The minimum atomic E-state index is -0.209. The Kier molecular flexibility index (Phi) is 4.13. The molecule has 1 saturated heterocycles. The standard InChI is InChI=1S/C16H27N3O/c1-18-13-10-17-15(18)7-6-14(20)16(8-2-3-9-16)19-11-4-5-12-19/h10,13-14,20H,2-9,11-12H2,1H3. The fourth-order valence-corrected chi connectivity index (χ4v) is 4.18. The number of nitrogens with zero attached hydrogens (tertiary/aromatic N) is 3. The Balaban J connectivity index is 1.66. The van der Waals surface area contributed by atoms with Gasteiger partial charge < -0.3 is 9.67 Å². The van der Waals surface area contributed by atoms with Crippen molar-refractivity contribution in [3.05, 3.63) is 18.2 Å². The average Bonchev–Trinajstić information content (AvgIpc) is 3.18. The largest absolute Gasteiger partial charge is 0.391 e. The second-order valence-electron chi connectivity index (χ2n) is 6.51. The molecule has 2 heterocycles. The molecule has 0 radical (unpaired) electrons. The van der Waals surface area contributed by atoms with Crippen molar-refractivity contribution >= 4 is 0 Å². The summed E-state index contributed by atoms with van der Waals surface area (Å²) in [7, 11) is 2.03. The van der Waals surface area contributed by atoms with Crippen molar-refractivity contribution in [1.82, 2.24) is 14.5 Å². The van der Waals surface area contributed by atoms with Crippen LogP contribution >= 0.6 is 0 Å². The zero-order chi connectivity index (χ0) is 14.0. The van der Waals surface area contributed by atoms with Crippen LogP contribution in [0.5, 0.6) is 0 Å². The first-order valence-electron chi connectivity index (χ1n) is 8.12. The van der Waals surface area contributed by atoms with E-state index in [1.54, 1.807) is 0 Å². The summed E-state index contributed by atoms with van der Waals surface area (Å²) >= 11 is 0. The molecule has 1 unspecified atom stereocenters. The van der Waals surface area contributed by atoms with Gasteiger partial charge in [0.1, 0.15) is 5.82 Å². The van der Waals surface area contributed by atoms with Crippen molar-refractivity contribution < 1.29 is 5.11 Å². The second kappa shape index (κ2) is 5.86. The third-order valence-electron chi connectivity index (χ3n) is 5.39. The molecular formula is C16H27N3O. The Labute approximate surface area is 121 Å². The zero-order valence-electron chi connectivity index (χ0n) is 12.6. The van der Waals surface area contributed by atoms with Gasteiger partial charge in [-0.05, 0) is 45.2 Å². The lowest BCUT2D eigenvalue weighted by molar-refractivity contribution is -0.0220. The van der Waals surface area contributed by atoms with E-state index in [-0.39, 0.29) is 11.6 Å². The van der Waals surface area contributed by atoms with Crippen LogP contribution in [0.25, 0.3) is 0 Å². The zero-order valence-corrected chi connectivity index (χ0v) is 12.6. The van der Waals surface area contributed by atoms with Crippen molar-refractivity contribution in [2.75, 3.05) is 13.1 Å². The molecule has 2 aliphatic rings. The van der Waals surface area contributed by atoms with E-state index in [1.807, 2.05) is 19.4 Å². The summed E-state index contributed by atoms with van der Waals surface area (Å²) in [5, 5.41) is 10.9. The van der Waals surface area contributed by atoms with Gasteiger partial charge in [0, 0.05) is 31.4 Å². The number of rotatable bonds is 5. The molecule has 3 rings (SSSR count). The Morgan fingerprint density at radius 3 is 2.55 bits per heavy atom. The first kappa shape index (κ1) is 14.1. The van der Waals surface area contributed by atoms with Gasteiger partial charge in [0.15, 0.2) is 0 Å².